The van der Waals surface area contributed by atoms with Gasteiger partial charge in [-0.2, -0.15) is 0 Å². The number of rotatable bonds is 7. The van der Waals surface area contributed by atoms with Gasteiger partial charge in [-0.3, -0.25) is 9.59 Å². The molecule has 2 heterocycles. The lowest BCUT2D eigenvalue weighted by molar-refractivity contribution is -0.114. The smallest absolute Gasteiger partial charge is 0.166 e. The normalized spacial score (nSPS) is 27.6. The van der Waals surface area contributed by atoms with Gasteiger partial charge in [0.1, 0.15) is 0 Å². The van der Waals surface area contributed by atoms with E-state index in [1.165, 1.54) is 12.8 Å². The molecule has 1 aliphatic carbocycles. The molecule has 1 aromatic rings. The second-order valence-electron chi connectivity index (χ2n) is 9.16. The molecular formula is C25H33BrN2O2. The van der Waals surface area contributed by atoms with E-state index in [1.807, 2.05) is 30.3 Å². The quantitative estimate of drug-likeness (QED) is 0.426. The summed E-state index contributed by atoms with van der Waals surface area (Å²) in [5, 5.41) is 0. The van der Waals surface area contributed by atoms with Gasteiger partial charge in [0.15, 0.2) is 11.6 Å². The van der Waals surface area contributed by atoms with Crippen LogP contribution in [-0.2, 0) is 4.79 Å². The fourth-order valence-electron chi connectivity index (χ4n) is 5.52. The second-order valence-corrected chi connectivity index (χ2v) is 10.5. The zero-order chi connectivity index (χ0) is 21.1. The molecule has 0 N–H and O–H groups in total. The Morgan fingerprint density at radius 3 is 2.47 bits per heavy atom. The standard InChI is InChI=1S/C25H33BrN2O2/c1-18(29)23-17-28(24-9-8-21(26)16-22(23)24)13-5-12-27-14-10-20(11-15-27)25(30)19-6-3-2-4-7-19/h2-4,6-7,17,20-22,24H,5,8-16H2,1H3/t21-,22?,24?/m1/s1. The summed E-state index contributed by atoms with van der Waals surface area (Å²) in [4.78, 5) is 30.3. The van der Waals surface area contributed by atoms with Crippen molar-refractivity contribution in [1.29, 1.82) is 0 Å². The highest BCUT2D eigenvalue weighted by Gasteiger charge is 2.40. The highest BCUT2D eigenvalue weighted by atomic mass is 79.9. The number of alkyl halides is 1. The van der Waals surface area contributed by atoms with E-state index in [4.69, 9.17) is 0 Å². The number of hydrogen-bond donors (Lipinski definition) is 0. The number of hydrogen-bond acceptors (Lipinski definition) is 4. The first kappa shape index (κ1) is 21.8. The summed E-state index contributed by atoms with van der Waals surface area (Å²) in [6, 6.07) is 10.2. The summed E-state index contributed by atoms with van der Waals surface area (Å²) in [5.74, 6) is 1.12. The van der Waals surface area contributed by atoms with Crippen molar-refractivity contribution in [2.75, 3.05) is 26.2 Å². The third-order valence-corrected chi connectivity index (χ3v) is 8.03. The van der Waals surface area contributed by atoms with Crippen molar-refractivity contribution in [2.24, 2.45) is 11.8 Å². The summed E-state index contributed by atoms with van der Waals surface area (Å²) < 4.78 is 0. The average Bonchev–Trinajstić information content (AvgIpc) is 3.12. The van der Waals surface area contributed by atoms with Gasteiger partial charge in [-0.05, 0) is 65.1 Å². The van der Waals surface area contributed by atoms with Crippen LogP contribution in [0.25, 0.3) is 0 Å². The van der Waals surface area contributed by atoms with Crippen molar-refractivity contribution < 1.29 is 9.59 Å². The summed E-state index contributed by atoms with van der Waals surface area (Å²) in [7, 11) is 0. The van der Waals surface area contributed by atoms with Crippen LogP contribution >= 0.6 is 15.9 Å². The van der Waals surface area contributed by atoms with Crippen LogP contribution < -0.4 is 0 Å². The number of carbonyl (C=O) groups is 2. The molecule has 2 unspecified atom stereocenters. The zero-order valence-electron chi connectivity index (χ0n) is 17.9. The van der Waals surface area contributed by atoms with Crippen molar-refractivity contribution >= 4 is 27.5 Å². The maximum absolute atomic E-state index is 12.7. The van der Waals surface area contributed by atoms with Crippen LogP contribution in [0.5, 0.6) is 0 Å². The molecule has 1 saturated heterocycles. The first-order valence-electron chi connectivity index (χ1n) is 11.5. The Bertz CT molecular complexity index is 786. The molecule has 0 radical (unpaired) electrons. The molecule has 4 rings (SSSR count). The maximum Gasteiger partial charge on any atom is 0.166 e. The molecule has 2 aliphatic heterocycles. The van der Waals surface area contributed by atoms with E-state index in [-0.39, 0.29) is 11.7 Å². The molecule has 0 bridgehead atoms. The fraction of sp³-hybridized carbons (Fsp3) is 0.600. The van der Waals surface area contributed by atoms with Crippen LogP contribution in [0.3, 0.4) is 0 Å². The minimum Gasteiger partial charge on any atom is -0.373 e. The Hall–Kier alpha value is -1.46. The van der Waals surface area contributed by atoms with E-state index in [0.717, 1.165) is 63.0 Å². The number of Topliss-reactive ketones (excluding diaryl/α,β-unsaturated/α-hetero) is 2. The summed E-state index contributed by atoms with van der Waals surface area (Å²) in [5.41, 5.74) is 1.88. The van der Waals surface area contributed by atoms with Gasteiger partial charge >= 0.3 is 0 Å². The van der Waals surface area contributed by atoms with Crippen LogP contribution in [0.4, 0.5) is 0 Å². The van der Waals surface area contributed by atoms with Crippen LogP contribution in [0.1, 0.15) is 55.8 Å². The van der Waals surface area contributed by atoms with Gasteiger partial charge in [0.25, 0.3) is 0 Å². The molecule has 0 amide bonds. The topological polar surface area (TPSA) is 40.6 Å². The number of fused-ring (bicyclic) bond motifs is 1. The number of likely N-dealkylation sites (tertiary alicyclic amines) is 1. The Morgan fingerprint density at radius 1 is 1.03 bits per heavy atom. The number of piperidine rings is 1. The number of ketones is 2. The van der Waals surface area contributed by atoms with Crippen molar-refractivity contribution in [1.82, 2.24) is 9.80 Å². The van der Waals surface area contributed by atoms with Crippen molar-refractivity contribution in [3.63, 3.8) is 0 Å². The fourth-order valence-corrected chi connectivity index (χ4v) is 6.19. The minimum absolute atomic E-state index is 0.170. The molecule has 0 aromatic heterocycles. The van der Waals surface area contributed by atoms with Gasteiger partial charge in [-0.25, -0.2) is 0 Å². The highest BCUT2D eigenvalue weighted by Crippen LogP contribution is 2.41. The zero-order valence-corrected chi connectivity index (χ0v) is 19.5. The number of benzene rings is 1. The number of nitrogens with zero attached hydrogens (tertiary/aromatic N) is 2. The lowest BCUT2D eigenvalue weighted by Gasteiger charge is -2.36. The third kappa shape index (κ3) is 4.88. The van der Waals surface area contributed by atoms with E-state index in [9.17, 15) is 9.59 Å². The molecule has 1 aromatic carbocycles. The number of halogens is 1. The summed E-state index contributed by atoms with van der Waals surface area (Å²) in [6.45, 7) is 5.83. The third-order valence-electron chi connectivity index (χ3n) is 7.19. The highest BCUT2D eigenvalue weighted by molar-refractivity contribution is 9.09. The first-order valence-corrected chi connectivity index (χ1v) is 12.4. The van der Waals surface area contributed by atoms with E-state index in [2.05, 4.69) is 31.9 Å². The molecule has 162 valence electrons. The van der Waals surface area contributed by atoms with Gasteiger partial charge in [-0.15, -0.1) is 0 Å². The number of carbonyl (C=O) groups excluding carboxylic acids is 2. The molecule has 1 saturated carbocycles. The predicted molar refractivity (Wildman–Crippen MR) is 124 cm³/mol. The van der Waals surface area contributed by atoms with Crippen LogP contribution in [0.2, 0.25) is 0 Å². The van der Waals surface area contributed by atoms with Gasteiger partial charge in [0.2, 0.25) is 0 Å². The lowest BCUT2D eigenvalue weighted by Crippen LogP contribution is -2.40. The predicted octanol–water partition coefficient (Wildman–Crippen LogP) is 4.69. The largest absolute Gasteiger partial charge is 0.373 e. The van der Waals surface area contributed by atoms with Crippen molar-refractivity contribution in [3.05, 3.63) is 47.7 Å². The van der Waals surface area contributed by atoms with E-state index in [1.54, 1.807) is 6.92 Å². The first-order chi connectivity index (χ1) is 14.5. The Labute approximate surface area is 188 Å². The van der Waals surface area contributed by atoms with E-state index >= 15 is 0 Å². The van der Waals surface area contributed by atoms with Crippen LogP contribution in [-0.4, -0.2) is 58.4 Å². The second kappa shape index (κ2) is 9.78. The molecule has 0 spiro atoms. The van der Waals surface area contributed by atoms with E-state index < -0.39 is 0 Å². The van der Waals surface area contributed by atoms with Gasteiger partial charge in [0.05, 0.1) is 0 Å². The van der Waals surface area contributed by atoms with E-state index in [0.29, 0.717) is 22.6 Å². The summed E-state index contributed by atoms with van der Waals surface area (Å²) in [6.07, 6.45) is 8.63. The molecule has 3 atom stereocenters. The molecule has 2 fully saturated rings. The van der Waals surface area contributed by atoms with Crippen LogP contribution in [0.15, 0.2) is 42.1 Å². The molecule has 30 heavy (non-hydrogen) atoms. The molecular weight excluding hydrogens is 440 g/mol. The van der Waals surface area contributed by atoms with Crippen molar-refractivity contribution in [3.8, 4) is 0 Å². The van der Waals surface area contributed by atoms with Crippen molar-refractivity contribution in [2.45, 2.75) is 56.3 Å². The lowest BCUT2D eigenvalue weighted by atomic mass is 9.81. The van der Waals surface area contributed by atoms with Crippen LogP contribution in [0, 0.1) is 11.8 Å². The monoisotopic (exact) mass is 472 g/mol. The molecule has 3 aliphatic rings. The minimum atomic E-state index is 0.170. The molecule has 4 nitrogen and oxygen atoms in total. The summed E-state index contributed by atoms with van der Waals surface area (Å²) >= 11 is 3.77. The van der Waals surface area contributed by atoms with Gasteiger partial charge in [-0.1, -0.05) is 46.3 Å². The maximum atomic E-state index is 12.7. The Kier molecular flexibility index (Phi) is 7.09. The van der Waals surface area contributed by atoms with Gasteiger partial charge in [0, 0.05) is 46.6 Å². The Balaban J connectivity index is 1.23. The van der Waals surface area contributed by atoms with Gasteiger partial charge < -0.3 is 9.80 Å². The molecule has 5 heteroatoms. The average molecular weight is 473 g/mol. The Morgan fingerprint density at radius 2 is 1.77 bits per heavy atom. The SMILES string of the molecule is CC(=O)C1=CN(CCCN2CCC(C(=O)c3ccccc3)CC2)C2CC[C@@H](Br)CC12.